The molecule has 2 aliphatic rings. The fourth-order valence-electron chi connectivity index (χ4n) is 3.80. The molecule has 2 aromatic rings. The molecule has 2 fully saturated rings. The van der Waals surface area contributed by atoms with E-state index in [0.29, 0.717) is 37.2 Å². The van der Waals surface area contributed by atoms with E-state index in [1.54, 1.807) is 23.1 Å². The van der Waals surface area contributed by atoms with Crippen molar-refractivity contribution in [3.05, 3.63) is 52.2 Å². The lowest BCUT2D eigenvalue weighted by Gasteiger charge is -2.32. The highest BCUT2D eigenvalue weighted by molar-refractivity contribution is 6.33. The number of carbonyl (C=O) groups is 2. The van der Waals surface area contributed by atoms with E-state index in [4.69, 9.17) is 11.6 Å². The van der Waals surface area contributed by atoms with Crippen LogP contribution in [0.4, 0.5) is 24.7 Å². The Morgan fingerprint density at radius 3 is 2.42 bits per heavy atom. The van der Waals surface area contributed by atoms with Crippen molar-refractivity contribution in [3.8, 4) is 0 Å². The van der Waals surface area contributed by atoms with Gasteiger partial charge in [0.2, 0.25) is 5.91 Å². The molecule has 33 heavy (non-hydrogen) atoms. The Bertz CT molecular complexity index is 1060. The van der Waals surface area contributed by atoms with Crippen LogP contribution in [0, 0.1) is 12.8 Å². The number of alkyl halides is 3. The molecule has 0 spiro atoms. The van der Waals surface area contributed by atoms with Crippen molar-refractivity contribution in [1.29, 1.82) is 0 Å². The largest absolute Gasteiger partial charge is 0.417 e. The summed E-state index contributed by atoms with van der Waals surface area (Å²) in [7, 11) is 0. The first-order chi connectivity index (χ1) is 15.6. The summed E-state index contributed by atoms with van der Waals surface area (Å²) in [5, 5.41) is 5.80. The van der Waals surface area contributed by atoms with Crippen LogP contribution in [-0.2, 0) is 11.0 Å². The van der Waals surface area contributed by atoms with Gasteiger partial charge in [0, 0.05) is 42.5 Å². The summed E-state index contributed by atoms with van der Waals surface area (Å²) in [6.45, 7) is 2.75. The topological polar surface area (TPSA) is 74.3 Å². The molecule has 176 valence electrons. The average Bonchev–Trinajstić information content (AvgIpc) is 3.58. The summed E-state index contributed by atoms with van der Waals surface area (Å²) in [5.41, 5.74) is 1.05. The van der Waals surface area contributed by atoms with Crippen LogP contribution in [0.5, 0.6) is 0 Å². The lowest BCUT2D eigenvalue weighted by molar-refractivity contribution is -0.137. The summed E-state index contributed by atoms with van der Waals surface area (Å²) in [6.07, 6.45) is -0.735. The van der Waals surface area contributed by atoms with Gasteiger partial charge in [-0.1, -0.05) is 17.7 Å². The molecular formula is C23H24ClF3N4O2. The molecule has 2 amide bonds. The van der Waals surface area contributed by atoms with E-state index in [1.807, 2.05) is 6.92 Å². The molecule has 0 unspecified atom stereocenters. The van der Waals surface area contributed by atoms with Crippen LogP contribution < -0.4 is 15.5 Å². The predicted molar refractivity (Wildman–Crippen MR) is 119 cm³/mol. The number of rotatable bonds is 5. The van der Waals surface area contributed by atoms with Crippen LogP contribution in [0.25, 0.3) is 0 Å². The molecule has 0 atom stereocenters. The molecule has 1 saturated heterocycles. The number of anilines is 2. The number of aromatic nitrogens is 1. The number of aryl methyl sites for hydroxylation is 1. The van der Waals surface area contributed by atoms with Crippen molar-refractivity contribution >= 4 is 34.9 Å². The minimum absolute atomic E-state index is 0.0651. The Hall–Kier alpha value is -2.81. The number of benzene rings is 1. The first kappa shape index (κ1) is 23.4. The number of nitrogens with zero attached hydrogens (tertiary/aromatic N) is 2. The first-order valence-electron chi connectivity index (χ1n) is 10.8. The summed E-state index contributed by atoms with van der Waals surface area (Å²) >= 11 is 6.05. The van der Waals surface area contributed by atoms with Crippen LogP contribution in [0.3, 0.4) is 0 Å². The normalized spacial score (nSPS) is 17.1. The van der Waals surface area contributed by atoms with E-state index in [-0.39, 0.29) is 34.6 Å². The van der Waals surface area contributed by atoms with Crippen LogP contribution in [-0.4, -0.2) is 35.9 Å². The number of nitrogens with one attached hydrogen (secondary N) is 2. The SMILES string of the molecule is Cc1ccc(C(=O)NC2CC2)cc1NC(=O)C1CCN(c2ncc(C(F)(F)F)cc2Cl)CC1. The second-order valence-corrected chi connectivity index (χ2v) is 8.96. The Balaban J connectivity index is 1.36. The molecule has 0 bridgehead atoms. The van der Waals surface area contributed by atoms with Crippen molar-refractivity contribution in [1.82, 2.24) is 10.3 Å². The van der Waals surface area contributed by atoms with E-state index in [2.05, 4.69) is 15.6 Å². The zero-order valence-corrected chi connectivity index (χ0v) is 18.8. The third kappa shape index (κ3) is 5.58. The van der Waals surface area contributed by atoms with E-state index >= 15 is 0 Å². The van der Waals surface area contributed by atoms with Crippen LogP contribution in [0.15, 0.2) is 30.5 Å². The minimum Gasteiger partial charge on any atom is -0.355 e. The molecule has 1 saturated carbocycles. The first-order valence-corrected chi connectivity index (χ1v) is 11.2. The molecule has 1 aromatic heterocycles. The molecule has 1 aromatic carbocycles. The van der Waals surface area contributed by atoms with Crippen molar-refractivity contribution < 1.29 is 22.8 Å². The highest BCUT2D eigenvalue weighted by atomic mass is 35.5. The predicted octanol–water partition coefficient (Wildman–Crippen LogP) is 4.81. The van der Waals surface area contributed by atoms with Crippen molar-refractivity contribution in [2.75, 3.05) is 23.3 Å². The zero-order chi connectivity index (χ0) is 23.8. The molecule has 2 N–H and O–H groups in total. The maximum Gasteiger partial charge on any atom is 0.417 e. The number of pyridine rings is 1. The highest BCUT2D eigenvalue weighted by Gasteiger charge is 2.33. The second kappa shape index (κ2) is 9.21. The van der Waals surface area contributed by atoms with Gasteiger partial charge in [0.25, 0.3) is 5.91 Å². The van der Waals surface area contributed by atoms with Gasteiger partial charge in [-0.3, -0.25) is 9.59 Å². The van der Waals surface area contributed by atoms with Gasteiger partial charge in [0.1, 0.15) is 5.82 Å². The third-order valence-electron chi connectivity index (χ3n) is 5.98. The zero-order valence-electron chi connectivity index (χ0n) is 18.0. The molecule has 2 heterocycles. The van der Waals surface area contributed by atoms with Crippen LogP contribution in [0.2, 0.25) is 5.02 Å². The summed E-state index contributed by atoms with van der Waals surface area (Å²) < 4.78 is 38.5. The van der Waals surface area contributed by atoms with Crippen molar-refractivity contribution in [3.63, 3.8) is 0 Å². The van der Waals surface area contributed by atoms with Crippen LogP contribution in [0.1, 0.15) is 47.2 Å². The van der Waals surface area contributed by atoms with Gasteiger partial charge >= 0.3 is 6.18 Å². The molecule has 0 radical (unpaired) electrons. The highest BCUT2D eigenvalue weighted by Crippen LogP contribution is 2.35. The third-order valence-corrected chi connectivity index (χ3v) is 6.26. The smallest absolute Gasteiger partial charge is 0.355 e. The number of amides is 2. The Labute approximate surface area is 194 Å². The Morgan fingerprint density at radius 1 is 1.12 bits per heavy atom. The molecular weight excluding hydrogens is 457 g/mol. The molecule has 1 aliphatic carbocycles. The van der Waals surface area contributed by atoms with E-state index < -0.39 is 11.7 Å². The fourth-order valence-corrected chi connectivity index (χ4v) is 4.09. The molecule has 6 nitrogen and oxygen atoms in total. The number of hydrogen-bond acceptors (Lipinski definition) is 4. The lowest BCUT2D eigenvalue weighted by atomic mass is 9.95. The van der Waals surface area contributed by atoms with Gasteiger partial charge in [-0.2, -0.15) is 13.2 Å². The van der Waals surface area contributed by atoms with Gasteiger partial charge in [-0.05, 0) is 56.4 Å². The summed E-state index contributed by atoms with van der Waals surface area (Å²) in [6, 6.07) is 6.35. The van der Waals surface area contributed by atoms with Crippen molar-refractivity contribution in [2.24, 2.45) is 5.92 Å². The van der Waals surface area contributed by atoms with Gasteiger partial charge in [0.05, 0.1) is 10.6 Å². The number of carbonyl (C=O) groups excluding carboxylic acids is 2. The Morgan fingerprint density at radius 2 is 1.82 bits per heavy atom. The standard InChI is InChI=1S/C23H24ClF3N4O2/c1-13-2-3-15(22(33)29-17-4-5-17)10-19(13)30-21(32)14-6-8-31(9-7-14)20-18(24)11-16(12-28-20)23(25,26)27/h2-3,10-12,14,17H,4-9H2,1H3,(H,29,33)(H,30,32). The van der Waals surface area contributed by atoms with E-state index in [0.717, 1.165) is 30.7 Å². The quantitative estimate of drug-likeness (QED) is 0.644. The molecule has 10 heteroatoms. The lowest BCUT2D eigenvalue weighted by Crippen LogP contribution is -2.38. The second-order valence-electron chi connectivity index (χ2n) is 8.56. The van der Waals surface area contributed by atoms with Gasteiger partial charge in [-0.25, -0.2) is 4.98 Å². The average molecular weight is 481 g/mol. The minimum atomic E-state index is -4.51. The molecule has 1 aliphatic heterocycles. The maximum atomic E-state index is 12.9. The fraction of sp³-hybridized carbons (Fsp3) is 0.435. The number of piperidine rings is 1. The Kier molecular flexibility index (Phi) is 6.52. The maximum absolute atomic E-state index is 12.9. The summed E-state index contributed by atoms with van der Waals surface area (Å²) in [5.74, 6) is -0.280. The van der Waals surface area contributed by atoms with E-state index in [9.17, 15) is 22.8 Å². The van der Waals surface area contributed by atoms with Gasteiger partial charge in [-0.15, -0.1) is 0 Å². The summed E-state index contributed by atoms with van der Waals surface area (Å²) in [4.78, 5) is 30.9. The molecule has 4 rings (SSSR count). The number of hydrogen-bond donors (Lipinski definition) is 2. The van der Waals surface area contributed by atoms with Crippen LogP contribution >= 0.6 is 11.6 Å². The van der Waals surface area contributed by atoms with Gasteiger partial charge < -0.3 is 15.5 Å². The van der Waals surface area contributed by atoms with Gasteiger partial charge in [0.15, 0.2) is 0 Å². The van der Waals surface area contributed by atoms with Crippen molar-refractivity contribution in [2.45, 2.75) is 44.8 Å². The monoisotopic (exact) mass is 480 g/mol. The number of halogens is 4. The van der Waals surface area contributed by atoms with E-state index in [1.165, 1.54) is 0 Å².